The molecule has 1 N–H and O–H groups in total. The number of hydrogen-bond donors (Lipinski definition) is 1. The van der Waals surface area contributed by atoms with Crippen molar-refractivity contribution in [1.29, 1.82) is 0 Å². The molecule has 6 nitrogen and oxygen atoms in total. The number of amides is 1. The smallest absolute Gasteiger partial charge is 0.514 e. The van der Waals surface area contributed by atoms with Gasteiger partial charge in [-0.25, -0.2) is 4.79 Å². The summed E-state index contributed by atoms with van der Waals surface area (Å²) in [7, 11) is 0. The quantitative estimate of drug-likeness (QED) is 0.436. The Kier molecular flexibility index (Phi) is 7.57. The second kappa shape index (κ2) is 9.17. The first-order valence-corrected chi connectivity index (χ1v) is 7.57. The maximum atomic E-state index is 12.0. The maximum absolute atomic E-state index is 12.0. The lowest BCUT2D eigenvalue weighted by molar-refractivity contribution is -0.684. The van der Waals surface area contributed by atoms with Crippen LogP contribution >= 0.6 is 0 Å². The number of ether oxygens (including phenoxy) is 2. The Hall–Kier alpha value is -2.41. The lowest BCUT2D eigenvalue weighted by Crippen LogP contribution is -3.00. The van der Waals surface area contributed by atoms with Gasteiger partial charge in [0.25, 0.3) is 5.91 Å². The van der Waals surface area contributed by atoms with E-state index >= 15 is 0 Å². The molecular formula is C18H21BrN2O4. The number of pyridine rings is 1. The van der Waals surface area contributed by atoms with E-state index in [1.807, 2.05) is 30.6 Å². The van der Waals surface area contributed by atoms with E-state index < -0.39 is 11.8 Å². The summed E-state index contributed by atoms with van der Waals surface area (Å²) in [6.07, 6.45) is 2.87. The first-order chi connectivity index (χ1) is 11.3. The molecule has 2 aromatic rings. The van der Waals surface area contributed by atoms with Crippen molar-refractivity contribution in [3.8, 4) is 5.75 Å². The zero-order chi connectivity index (χ0) is 17.6. The molecule has 1 amide bonds. The summed E-state index contributed by atoms with van der Waals surface area (Å²) in [5, 5.41) is 2.78. The maximum Gasteiger partial charge on any atom is 0.514 e. The van der Waals surface area contributed by atoms with Crippen LogP contribution in [-0.2, 0) is 16.1 Å². The molecule has 0 aliphatic carbocycles. The van der Waals surface area contributed by atoms with Crippen LogP contribution in [0.5, 0.6) is 5.75 Å². The molecule has 134 valence electrons. The molecule has 0 saturated heterocycles. The van der Waals surface area contributed by atoms with E-state index in [1.54, 1.807) is 49.6 Å². The van der Waals surface area contributed by atoms with Gasteiger partial charge < -0.3 is 31.8 Å². The number of carbonyl (C=O) groups excluding carboxylic acids is 2. The van der Waals surface area contributed by atoms with Gasteiger partial charge in [-0.1, -0.05) is 6.07 Å². The fraction of sp³-hybridized carbons (Fsp3) is 0.278. The first-order valence-electron chi connectivity index (χ1n) is 7.57. The Morgan fingerprint density at radius 1 is 1.04 bits per heavy atom. The Labute approximate surface area is 157 Å². The number of benzene rings is 1. The van der Waals surface area contributed by atoms with Crippen LogP contribution in [0.25, 0.3) is 0 Å². The summed E-state index contributed by atoms with van der Waals surface area (Å²) in [4.78, 5) is 23.5. The van der Waals surface area contributed by atoms with Crippen molar-refractivity contribution in [3.05, 3.63) is 54.9 Å². The summed E-state index contributed by atoms with van der Waals surface area (Å²) in [5.74, 6) is 0.201. The number of carbonyl (C=O) groups is 2. The van der Waals surface area contributed by atoms with Gasteiger partial charge >= 0.3 is 6.16 Å². The Balaban J connectivity index is 0.00000312. The van der Waals surface area contributed by atoms with E-state index in [9.17, 15) is 9.59 Å². The van der Waals surface area contributed by atoms with Gasteiger partial charge in [-0.15, -0.1) is 0 Å². The van der Waals surface area contributed by atoms with Crippen LogP contribution < -0.4 is 31.6 Å². The largest absolute Gasteiger partial charge is 1.00 e. The minimum atomic E-state index is -0.764. The van der Waals surface area contributed by atoms with Gasteiger partial charge in [0.05, 0.1) is 0 Å². The third-order valence-corrected chi connectivity index (χ3v) is 2.83. The minimum Gasteiger partial charge on any atom is -1.00 e. The van der Waals surface area contributed by atoms with Crippen LogP contribution in [0.2, 0.25) is 0 Å². The van der Waals surface area contributed by atoms with Crippen molar-refractivity contribution in [1.82, 2.24) is 0 Å². The van der Waals surface area contributed by atoms with Crippen LogP contribution in [0.3, 0.4) is 0 Å². The molecule has 1 aromatic heterocycles. The zero-order valence-electron chi connectivity index (χ0n) is 14.4. The molecule has 0 radical (unpaired) electrons. The highest BCUT2D eigenvalue weighted by atomic mass is 79.9. The van der Waals surface area contributed by atoms with Crippen LogP contribution in [0.1, 0.15) is 20.8 Å². The number of nitrogens with zero attached hydrogens (tertiary/aromatic N) is 1. The average molecular weight is 409 g/mol. The van der Waals surface area contributed by atoms with E-state index in [2.05, 4.69) is 5.32 Å². The number of halogens is 1. The standard InChI is InChI=1S/C18H20N2O4.BrH/c1-18(2,3)24-17(22)23-15-9-7-14(8-10-15)19-16(21)13-20-11-5-4-6-12-20;/h4-12H,13H2,1-3H3;1H. The predicted molar refractivity (Wildman–Crippen MR) is 88.6 cm³/mol. The van der Waals surface area contributed by atoms with Gasteiger partial charge in [-0.2, -0.15) is 4.57 Å². The molecule has 7 heteroatoms. The van der Waals surface area contributed by atoms with Crippen LogP contribution in [0, 0.1) is 0 Å². The van der Waals surface area contributed by atoms with E-state index in [1.165, 1.54) is 0 Å². The summed E-state index contributed by atoms with van der Waals surface area (Å²) >= 11 is 0. The highest BCUT2D eigenvalue weighted by molar-refractivity contribution is 5.89. The number of rotatable bonds is 4. The highest BCUT2D eigenvalue weighted by Gasteiger charge is 2.18. The molecule has 0 unspecified atom stereocenters. The Morgan fingerprint density at radius 3 is 2.20 bits per heavy atom. The predicted octanol–water partition coefficient (Wildman–Crippen LogP) is -0.0693. The minimum absolute atomic E-state index is 0. The molecule has 0 aliphatic rings. The van der Waals surface area contributed by atoms with Crippen LogP contribution in [-0.4, -0.2) is 17.7 Å². The van der Waals surface area contributed by atoms with E-state index in [0.717, 1.165) is 0 Å². The van der Waals surface area contributed by atoms with Crippen LogP contribution in [0.4, 0.5) is 10.5 Å². The summed E-state index contributed by atoms with van der Waals surface area (Å²) < 4.78 is 11.9. The normalized spacial score (nSPS) is 10.4. The molecule has 1 heterocycles. The number of aromatic nitrogens is 1. The fourth-order valence-corrected chi connectivity index (χ4v) is 1.88. The Morgan fingerprint density at radius 2 is 1.64 bits per heavy atom. The highest BCUT2D eigenvalue weighted by Crippen LogP contribution is 2.17. The number of hydrogen-bond acceptors (Lipinski definition) is 4. The molecule has 25 heavy (non-hydrogen) atoms. The van der Waals surface area contributed by atoms with Gasteiger partial charge in [-0.05, 0) is 45.0 Å². The molecule has 0 spiro atoms. The second-order valence-corrected chi connectivity index (χ2v) is 6.19. The van der Waals surface area contributed by atoms with Crippen molar-refractivity contribution in [3.63, 3.8) is 0 Å². The number of nitrogens with one attached hydrogen (secondary N) is 1. The topological polar surface area (TPSA) is 68.5 Å². The van der Waals surface area contributed by atoms with Gasteiger partial charge in [0, 0.05) is 17.8 Å². The van der Waals surface area contributed by atoms with Gasteiger partial charge in [0.2, 0.25) is 6.54 Å². The summed E-state index contributed by atoms with van der Waals surface area (Å²) in [5.41, 5.74) is 0.00757. The monoisotopic (exact) mass is 408 g/mol. The molecule has 1 aromatic carbocycles. The molecular weight excluding hydrogens is 388 g/mol. The third kappa shape index (κ3) is 7.80. The molecule has 0 fully saturated rings. The SMILES string of the molecule is CC(C)(C)OC(=O)Oc1ccc(NC(=O)C[n+]2ccccc2)cc1.[Br-]. The zero-order valence-corrected chi connectivity index (χ0v) is 15.9. The fourth-order valence-electron chi connectivity index (χ4n) is 1.88. The van der Waals surface area contributed by atoms with Crippen molar-refractivity contribution < 1.29 is 40.6 Å². The van der Waals surface area contributed by atoms with Crippen molar-refractivity contribution in [2.75, 3.05) is 5.32 Å². The van der Waals surface area contributed by atoms with Gasteiger partial charge in [0.1, 0.15) is 11.4 Å². The van der Waals surface area contributed by atoms with Gasteiger partial charge in [0.15, 0.2) is 12.4 Å². The summed E-state index contributed by atoms with van der Waals surface area (Å²) in [6, 6.07) is 12.1. The van der Waals surface area contributed by atoms with E-state index in [-0.39, 0.29) is 29.4 Å². The van der Waals surface area contributed by atoms with Gasteiger partial charge in [-0.3, -0.25) is 4.79 Å². The van der Waals surface area contributed by atoms with Crippen molar-refractivity contribution >= 4 is 17.7 Å². The first kappa shape index (κ1) is 20.6. The molecule has 2 rings (SSSR count). The Bertz CT molecular complexity index is 697. The molecule has 0 atom stereocenters. The van der Waals surface area contributed by atoms with E-state index in [0.29, 0.717) is 11.4 Å². The van der Waals surface area contributed by atoms with Crippen LogP contribution in [0.15, 0.2) is 54.9 Å². The lowest BCUT2D eigenvalue weighted by atomic mass is 10.2. The van der Waals surface area contributed by atoms with E-state index in [4.69, 9.17) is 9.47 Å². The van der Waals surface area contributed by atoms with Crippen molar-refractivity contribution in [2.45, 2.75) is 32.9 Å². The molecule has 0 aliphatic heterocycles. The molecule has 0 bridgehead atoms. The number of anilines is 1. The lowest BCUT2D eigenvalue weighted by Gasteiger charge is -2.18. The second-order valence-electron chi connectivity index (χ2n) is 6.19. The molecule has 0 saturated carbocycles. The van der Waals surface area contributed by atoms with Crippen molar-refractivity contribution in [2.24, 2.45) is 0 Å². The third-order valence-electron chi connectivity index (χ3n) is 2.83. The average Bonchev–Trinajstić information content (AvgIpc) is 2.48. The summed E-state index contributed by atoms with van der Waals surface area (Å²) in [6.45, 7) is 5.50.